The van der Waals surface area contributed by atoms with Crippen LogP contribution in [0.3, 0.4) is 0 Å². The van der Waals surface area contributed by atoms with Crippen molar-refractivity contribution in [2.24, 2.45) is 0 Å². The van der Waals surface area contributed by atoms with Gasteiger partial charge in [-0.05, 0) is 31.2 Å². The van der Waals surface area contributed by atoms with Crippen molar-refractivity contribution in [1.29, 1.82) is 0 Å². The highest BCUT2D eigenvalue weighted by Gasteiger charge is 2.13. The van der Waals surface area contributed by atoms with Crippen LogP contribution in [-0.4, -0.2) is 29.1 Å². The van der Waals surface area contributed by atoms with Crippen molar-refractivity contribution in [2.75, 3.05) is 17.7 Å². The topological polar surface area (TPSA) is 106 Å². The first kappa shape index (κ1) is 17.2. The summed E-state index contributed by atoms with van der Waals surface area (Å²) in [6, 6.07) is 11.8. The number of anilines is 3. The molecular formula is C18H16N4O4. The third-order valence-electron chi connectivity index (χ3n) is 3.49. The number of aryl methyl sites for hydroxylation is 1. The van der Waals surface area contributed by atoms with Gasteiger partial charge in [0.2, 0.25) is 0 Å². The van der Waals surface area contributed by atoms with Crippen molar-refractivity contribution in [3.8, 4) is 0 Å². The first-order valence-corrected chi connectivity index (χ1v) is 7.72. The highest BCUT2D eigenvalue weighted by atomic mass is 16.5. The number of nitrogens with one attached hydrogen (secondary N) is 2. The lowest BCUT2D eigenvalue weighted by Crippen LogP contribution is -2.12. The van der Waals surface area contributed by atoms with Crippen LogP contribution < -0.4 is 10.6 Å². The second-order valence-corrected chi connectivity index (χ2v) is 5.37. The summed E-state index contributed by atoms with van der Waals surface area (Å²) in [6.45, 7) is 1.73. The quantitative estimate of drug-likeness (QED) is 0.679. The number of carbonyl (C=O) groups is 2. The van der Waals surface area contributed by atoms with Crippen LogP contribution in [0.1, 0.15) is 26.5 Å². The first-order valence-electron chi connectivity index (χ1n) is 7.72. The largest absolute Gasteiger partial charge is 0.465 e. The Kier molecular flexibility index (Phi) is 4.93. The second kappa shape index (κ2) is 7.47. The molecule has 0 radical (unpaired) electrons. The molecule has 0 bridgehead atoms. The Bertz CT molecular complexity index is 934. The molecule has 0 unspecified atom stereocenters. The molecule has 8 nitrogen and oxygen atoms in total. The Morgan fingerprint density at radius 1 is 1.12 bits per heavy atom. The van der Waals surface area contributed by atoms with E-state index in [1.54, 1.807) is 49.4 Å². The van der Waals surface area contributed by atoms with E-state index in [1.165, 1.54) is 13.3 Å². The summed E-state index contributed by atoms with van der Waals surface area (Å²) in [5, 5.41) is 9.36. The monoisotopic (exact) mass is 352 g/mol. The molecule has 0 saturated heterocycles. The summed E-state index contributed by atoms with van der Waals surface area (Å²) in [5.74, 6) is 0.610. The van der Waals surface area contributed by atoms with Crippen molar-refractivity contribution < 1.29 is 18.8 Å². The van der Waals surface area contributed by atoms with E-state index in [2.05, 4.69) is 20.8 Å². The standard InChI is InChI=1S/C18H16N4O4/c1-11-9-16(22-26-11)21-17(23)12-7-8-15(19-10-12)20-14-6-4-3-5-13(14)18(24)25-2/h3-10H,1-2H3,(H,19,20)(H,21,22,23). The van der Waals surface area contributed by atoms with Gasteiger partial charge in [0.1, 0.15) is 11.6 Å². The average molecular weight is 352 g/mol. The third kappa shape index (κ3) is 3.86. The Morgan fingerprint density at radius 3 is 2.58 bits per heavy atom. The molecule has 0 aliphatic heterocycles. The van der Waals surface area contributed by atoms with Crippen molar-refractivity contribution in [3.05, 3.63) is 65.5 Å². The fraction of sp³-hybridized carbons (Fsp3) is 0.111. The second-order valence-electron chi connectivity index (χ2n) is 5.37. The van der Waals surface area contributed by atoms with Gasteiger partial charge in [-0.25, -0.2) is 9.78 Å². The number of pyridine rings is 1. The van der Waals surface area contributed by atoms with Crippen LogP contribution in [0.4, 0.5) is 17.3 Å². The maximum atomic E-state index is 12.2. The number of esters is 1. The lowest BCUT2D eigenvalue weighted by atomic mass is 10.2. The van der Waals surface area contributed by atoms with E-state index in [0.717, 1.165) is 0 Å². The molecule has 0 aliphatic carbocycles. The van der Waals surface area contributed by atoms with Crippen molar-refractivity contribution in [2.45, 2.75) is 6.92 Å². The van der Waals surface area contributed by atoms with Gasteiger partial charge in [0, 0.05) is 12.3 Å². The van der Waals surface area contributed by atoms with Crippen LogP contribution >= 0.6 is 0 Å². The Hall–Kier alpha value is -3.68. The lowest BCUT2D eigenvalue weighted by molar-refractivity contribution is 0.0601. The molecule has 26 heavy (non-hydrogen) atoms. The van der Waals surface area contributed by atoms with E-state index in [1.807, 2.05) is 0 Å². The van der Waals surface area contributed by atoms with Crippen molar-refractivity contribution in [3.63, 3.8) is 0 Å². The molecule has 3 aromatic rings. The van der Waals surface area contributed by atoms with E-state index in [0.29, 0.717) is 34.2 Å². The zero-order chi connectivity index (χ0) is 18.5. The van der Waals surface area contributed by atoms with Gasteiger partial charge in [-0.15, -0.1) is 0 Å². The number of hydrogen-bond donors (Lipinski definition) is 2. The van der Waals surface area contributed by atoms with Gasteiger partial charge in [-0.3, -0.25) is 4.79 Å². The molecule has 8 heteroatoms. The molecule has 2 heterocycles. The summed E-state index contributed by atoms with van der Waals surface area (Å²) < 4.78 is 9.66. The molecule has 2 N–H and O–H groups in total. The van der Waals surface area contributed by atoms with Crippen LogP contribution in [0.5, 0.6) is 0 Å². The summed E-state index contributed by atoms with van der Waals surface area (Å²) in [7, 11) is 1.32. The highest BCUT2D eigenvalue weighted by molar-refractivity contribution is 6.03. The number of amides is 1. The molecule has 0 atom stereocenters. The fourth-order valence-electron chi connectivity index (χ4n) is 2.23. The van der Waals surface area contributed by atoms with Gasteiger partial charge in [0.25, 0.3) is 5.91 Å². The minimum Gasteiger partial charge on any atom is -0.465 e. The number of hydrogen-bond acceptors (Lipinski definition) is 7. The fourth-order valence-corrected chi connectivity index (χ4v) is 2.23. The predicted molar refractivity (Wildman–Crippen MR) is 94.5 cm³/mol. The van der Waals surface area contributed by atoms with Crippen LogP contribution in [0, 0.1) is 6.92 Å². The summed E-state index contributed by atoms with van der Waals surface area (Å²) in [6.07, 6.45) is 1.42. The number of para-hydroxylation sites is 1. The predicted octanol–water partition coefficient (Wildman–Crippen LogP) is 3.16. The molecule has 0 spiro atoms. The van der Waals surface area contributed by atoms with Crippen molar-refractivity contribution in [1.82, 2.24) is 10.1 Å². The van der Waals surface area contributed by atoms with Crippen LogP contribution in [0.25, 0.3) is 0 Å². The molecule has 3 rings (SSSR count). The smallest absolute Gasteiger partial charge is 0.339 e. The molecule has 1 amide bonds. The number of methoxy groups -OCH3 is 1. The van der Waals surface area contributed by atoms with Gasteiger partial charge in [0.05, 0.1) is 23.9 Å². The Balaban J connectivity index is 1.72. The molecule has 132 valence electrons. The molecule has 0 aliphatic rings. The molecule has 2 aromatic heterocycles. The molecular weight excluding hydrogens is 336 g/mol. The third-order valence-corrected chi connectivity index (χ3v) is 3.49. The van der Waals surface area contributed by atoms with E-state index < -0.39 is 5.97 Å². The lowest BCUT2D eigenvalue weighted by Gasteiger charge is -2.10. The molecule has 1 aromatic carbocycles. The van der Waals surface area contributed by atoms with Gasteiger partial charge in [-0.1, -0.05) is 17.3 Å². The zero-order valence-electron chi connectivity index (χ0n) is 14.1. The Labute approximate surface area is 149 Å². The number of aromatic nitrogens is 2. The normalized spacial score (nSPS) is 10.2. The number of rotatable bonds is 5. The number of benzene rings is 1. The average Bonchev–Trinajstić information content (AvgIpc) is 3.07. The summed E-state index contributed by atoms with van der Waals surface area (Å²) in [5.41, 5.74) is 1.31. The van der Waals surface area contributed by atoms with Crippen molar-refractivity contribution >= 4 is 29.2 Å². The minimum absolute atomic E-state index is 0.335. The summed E-state index contributed by atoms with van der Waals surface area (Å²) >= 11 is 0. The maximum absolute atomic E-state index is 12.2. The van der Waals surface area contributed by atoms with Crippen LogP contribution in [0.15, 0.2) is 53.2 Å². The van der Waals surface area contributed by atoms with Gasteiger partial charge in [0.15, 0.2) is 5.82 Å². The van der Waals surface area contributed by atoms with E-state index in [4.69, 9.17) is 9.26 Å². The van der Waals surface area contributed by atoms with Gasteiger partial charge in [-0.2, -0.15) is 0 Å². The molecule has 0 fully saturated rings. The van der Waals surface area contributed by atoms with Gasteiger partial charge < -0.3 is 19.9 Å². The van der Waals surface area contributed by atoms with Gasteiger partial charge >= 0.3 is 5.97 Å². The van der Waals surface area contributed by atoms with Crippen LogP contribution in [-0.2, 0) is 4.74 Å². The van der Waals surface area contributed by atoms with E-state index in [9.17, 15) is 9.59 Å². The highest BCUT2D eigenvalue weighted by Crippen LogP contribution is 2.20. The number of nitrogens with zero attached hydrogens (tertiary/aromatic N) is 2. The maximum Gasteiger partial charge on any atom is 0.339 e. The van der Waals surface area contributed by atoms with E-state index in [-0.39, 0.29) is 5.91 Å². The minimum atomic E-state index is -0.452. The molecule has 0 saturated carbocycles. The first-order chi connectivity index (χ1) is 12.6. The number of ether oxygens (including phenoxy) is 1. The zero-order valence-corrected chi connectivity index (χ0v) is 14.1. The van der Waals surface area contributed by atoms with E-state index >= 15 is 0 Å². The van der Waals surface area contributed by atoms with Crippen LogP contribution in [0.2, 0.25) is 0 Å². The number of carbonyl (C=O) groups excluding carboxylic acids is 2. The Morgan fingerprint density at radius 2 is 1.92 bits per heavy atom. The summed E-state index contributed by atoms with van der Waals surface area (Å²) in [4.78, 5) is 28.2. The SMILES string of the molecule is COC(=O)c1ccccc1Nc1ccc(C(=O)Nc2cc(C)on2)cn1.